The molecule has 0 fully saturated rings. The lowest BCUT2D eigenvalue weighted by atomic mass is 10.2. The minimum absolute atomic E-state index is 0.0639. The van der Waals surface area contributed by atoms with Crippen LogP contribution in [-0.2, 0) is 14.6 Å². The lowest BCUT2D eigenvalue weighted by molar-refractivity contribution is 0.0450. The molecule has 0 heterocycles. The molecular weight excluding hydrogens is 384 g/mol. The number of benzene rings is 2. The summed E-state index contributed by atoms with van der Waals surface area (Å²) >= 11 is 3.33. The number of rotatable bonds is 6. The zero-order chi connectivity index (χ0) is 16.9. The summed E-state index contributed by atoms with van der Waals surface area (Å²) in [7, 11) is -3.36. The smallest absolute Gasteiger partial charge is 0.338 e. The standard InChI is InChI=1S/C16H15BrO5S/c1-23(19,20)15-7-2-4-12(10-15)16(18)22-9-8-21-14-6-3-5-13(17)11-14/h2-7,10-11H,8-9H2,1H3. The van der Waals surface area contributed by atoms with Crippen LogP contribution in [-0.4, -0.2) is 33.9 Å². The van der Waals surface area contributed by atoms with Gasteiger partial charge in [-0.3, -0.25) is 0 Å². The lowest BCUT2D eigenvalue weighted by Gasteiger charge is -2.08. The maximum Gasteiger partial charge on any atom is 0.338 e. The van der Waals surface area contributed by atoms with Gasteiger partial charge in [0.05, 0.1) is 10.5 Å². The molecule has 0 N–H and O–H groups in total. The second kappa shape index (κ2) is 7.61. The van der Waals surface area contributed by atoms with Crippen LogP contribution in [0.15, 0.2) is 57.9 Å². The Morgan fingerprint density at radius 1 is 1.09 bits per heavy atom. The normalized spacial score (nSPS) is 11.0. The molecule has 0 unspecified atom stereocenters. The molecule has 23 heavy (non-hydrogen) atoms. The van der Waals surface area contributed by atoms with Gasteiger partial charge in [-0.15, -0.1) is 0 Å². The number of carbonyl (C=O) groups excluding carboxylic acids is 1. The van der Waals surface area contributed by atoms with E-state index in [9.17, 15) is 13.2 Å². The van der Waals surface area contributed by atoms with Crippen molar-refractivity contribution in [3.63, 3.8) is 0 Å². The Bertz CT molecular complexity index is 802. The summed E-state index contributed by atoms with van der Waals surface area (Å²) < 4.78 is 34.4. The van der Waals surface area contributed by atoms with Gasteiger partial charge in [0.2, 0.25) is 0 Å². The molecule has 0 saturated carbocycles. The molecule has 2 rings (SSSR count). The average Bonchev–Trinajstić information content (AvgIpc) is 2.51. The van der Waals surface area contributed by atoms with Crippen LogP contribution in [0, 0.1) is 0 Å². The van der Waals surface area contributed by atoms with E-state index in [-0.39, 0.29) is 23.7 Å². The highest BCUT2D eigenvalue weighted by Gasteiger charge is 2.12. The first-order valence-corrected chi connectivity index (χ1v) is 9.40. The Balaban J connectivity index is 1.88. The van der Waals surface area contributed by atoms with Gasteiger partial charge in [0.25, 0.3) is 0 Å². The van der Waals surface area contributed by atoms with E-state index in [1.54, 1.807) is 12.1 Å². The van der Waals surface area contributed by atoms with Crippen molar-refractivity contribution in [1.82, 2.24) is 0 Å². The number of ether oxygens (including phenoxy) is 2. The molecule has 0 atom stereocenters. The van der Waals surface area contributed by atoms with Crippen molar-refractivity contribution >= 4 is 31.7 Å². The highest BCUT2D eigenvalue weighted by atomic mass is 79.9. The van der Waals surface area contributed by atoms with Crippen molar-refractivity contribution in [3.8, 4) is 5.75 Å². The number of esters is 1. The van der Waals surface area contributed by atoms with Gasteiger partial charge < -0.3 is 9.47 Å². The zero-order valence-corrected chi connectivity index (χ0v) is 14.8. The van der Waals surface area contributed by atoms with Crippen LogP contribution in [0.25, 0.3) is 0 Å². The van der Waals surface area contributed by atoms with Gasteiger partial charge in [0, 0.05) is 10.7 Å². The fourth-order valence-corrected chi connectivity index (χ4v) is 2.83. The van der Waals surface area contributed by atoms with E-state index in [1.807, 2.05) is 12.1 Å². The van der Waals surface area contributed by atoms with Crippen molar-refractivity contribution in [1.29, 1.82) is 0 Å². The molecule has 2 aromatic carbocycles. The Morgan fingerprint density at radius 2 is 1.83 bits per heavy atom. The third-order valence-electron chi connectivity index (χ3n) is 2.88. The Morgan fingerprint density at radius 3 is 2.52 bits per heavy atom. The second-order valence-corrected chi connectivity index (χ2v) is 7.67. The summed E-state index contributed by atoms with van der Waals surface area (Å²) in [4.78, 5) is 12.0. The maximum atomic E-state index is 11.9. The van der Waals surface area contributed by atoms with Crippen LogP contribution in [0.2, 0.25) is 0 Å². The SMILES string of the molecule is CS(=O)(=O)c1cccc(C(=O)OCCOc2cccc(Br)c2)c1. The number of hydrogen-bond donors (Lipinski definition) is 0. The zero-order valence-electron chi connectivity index (χ0n) is 12.4. The first-order valence-electron chi connectivity index (χ1n) is 6.72. The lowest BCUT2D eigenvalue weighted by Crippen LogP contribution is -2.13. The second-order valence-electron chi connectivity index (χ2n) is 4.74. The van der Waals surface area contributed by atoms with Crippen molar-refractivity contribution in [2.75, 3.05) is 19.5 Å². The summed E-state index contributed by atoms with van der Waals surface area (Å²) in [6, 6.07) is 13.1. The molecule has 0 aliphatic carbocycles. The predicted molar refractivity (Wildman–Crippen MR) is 89.5 cm³/mol. The van der Waals surface area contributed by atoms with Crippen molar-refractivity contribution < 1.29 is 22.7 Å². The van der Waals surface area contributed by atoms with E-state index in [2.05, 4.69) is 15.9 Å². The molecule has 0 spiro atoms. The molecular formula is C16H15BrO5S. The van der Waals surface area contributed by atoms with E-state index in [0.29, 0.717) is 5.75 Å². The highest BCUT2D eigenvalue weighted by Crippen LogP contribution is 2.17. The third-order valence-corrected chi connectivity index (χ3v) is 4.48. The van der Waals surface area contributed by atoms with Crippen molar-refractivity contribution in [2.45, 2.75) is 4.90 Å². The van der Waals surface area contributed by atoms with Gasteiger partial charge in [0.15, 0.2) is 9.84 Å². The number of halogens is 1. The molecule has 7 heteroatoms. The molecule has 0 aliphatic heterocycles. The summed E-state index contributed by atoms with van der Waals surface area (Å²) in [6.07, 6.45) is 1.09. The number of carbonyl (C=O) groups is 1. The van der Waals surface area contributed by atoms with E-state index < -0.39 is 15.8 Å². The summed E-state index contributed by atoms with van der Waals surface area (Å²) in [5.41, 5.74) is 0.190. The van der Waals surface area contributed by atoms with Crippen LogP contribution >= 0.6 is 15.9 Å². The molecule has 0 saturated heterocycles. The summed E-state index contributed by atoms with van der Waals surface area (Å²) in [5, 5.41) is 0. The first kappa shape index (κ1) is 17.5. The molecule has 0 amide bonds. The molecule has 0 bridgehead atoms. The molecule has 0 aliphatic rings. The van der Waals surface area contributed by atoms with Crippen LogP contribution in [0.1, 0.15) is 10.4 Å². The van der Waals surface area contributed by atoms with E-state index >= 15 is 0 Å². The monoisotopic (exact) mass is 398 g/mol. The van der Waals surface area contributed by atoms with E-state index in [0.717, 1.165) is 10.7 Å². The van der Waals surface area contributed by atoms with Gasteiger partial charge in [-0.25, -0.2) is 13.2 Å². The van der Waals surface area contributed by atoms with Crippen molar-refractivity contribution in [2.24, 2.45) is 0 Å². The Kier molecular flexibility index (Phi) is 5.79. The van der Waals surface area contributed by atoms with Crippen molar-refractivity contribution in [3.05, 3.63) is 58.6 Å². The van der Waals surface area contributed by atoms with Crippen LogP contribution < -0.4 is 4.74 Å². The van der Waals surface area contributed by atoms with Gasteiger partial charge >= 0.3 is 5.97 Å². The van der Waals surface area contributed by atoms with Gasteiger partial charge in [-0.1, -0.05) is 28.1 Å². The van der Waals surface area contributed by atoms with Crippen LogP contribution in [0.3, 0.4) is 0 Å². The number of sulfone groups is 1. The fourth-order valence-electron chi connectivity index (χ4n) is 1.79. The molecule has 122 valence electrons. The average molecular weight is 399 g/mol. The van der Waals surface area contributed by atoms with Crippen LogP contribution in [0.5, 0.6) is 5.75 Å². The quantitative estimate of drug-likeness (QED) is 0.552. The minimum atomic E-state index is -3.36. The summed E-state index contributed by atoms with van der Waals surface area (Å²) in [6.45, 7) is 0.266. The fraction of sp³-hybridized carbons (Fsp3) is 0.188. The van der Waals surface area contributed by atoms with Crippen LogP contribution in [0.4, 0.5) is 0 Å². The number of hydrogen-bond acceptors (Lipinski definition) is 5. The largest absolute Gasteiger partial charge is 0.490 e. The Hall–Kier alpha value is -1.86. The first-order chi connectivity index (χ1) is 10.9. The van der Waals surface area contributed by atoms with Gasteiger partial charge in [-0.05, 0) is 36.4 Å². The van der Waals surface area contributed by atoms with Gasteiger partial charge in [0.1, 0.15) is 19.0 Å². The molecule has 5 nitrogen and oxygen atoms in total. The van der Waals surface area contributed by atoms with Gasteiger partial charge in [-0.2, -0.15) is 0 Å². The minimum Gasteiger partial charge on any atom is -0.490 e. The van der Waals surface area contributed by atoms with E-state index in [1.165, 1.54) is 24.3 Å². The van der Waals surface area contributed by atoms with E-state index in [4.69, 9.17) is 9.47 Å². The maximum absolute atomic E-state index is 11.9. The molecule has 0 aromatic heterocycles. The third kappa shape index (κ3) is 5.37. The molecule has 2 aromatic rings. The predicted octanol–water partition coefficient (Wildman–Crippen LogP) is 3.09. The topological polar surface area (TPSA) is 69.7 Å². The molecule has 0 radical (unpaired) electrons. The highest BCUT2D eigenvalue weighted by molar-refractivity contribution is 9.10. The Labute approximate surface area is 143 Å². The summed E-state index contributed by atoms with van der Waals surface area (Å²) in [5.74, 6) is 0.0721.